The molecule has 0 bridgehead atoms. The van der Waals surface area contributed by atoms with E-state index in [1.807, 2.05) is 9.80 Å². The Hall–Kier alpha value is -1.63. The maximum absolute atomic E-state index is 12.4. The van der Waals surface area contributed by atoms with Gasteiger partial charge < -0.3 is 15.1 Å². The van der Waals surface area contributed by atoms with Crippen LogP contribution < -0.4 is 5.32 Å². The van der Waals surface area contributed by atoms with Crippen molar-refractivity contribution >= 4 is 17.7 Å². The number of amides is 3. The van der Waals surface area contributed by atoms with Crippen LogP contribution in [0.2, 0.25) is 0 Å². The van der Waals surface area contributed by atoms with Gasteiger partial charge in [0.05, 0.1) is 6.54 Å². The lowest BCUT2D eigenvalue weighted by atomic mass is 10.1. The summed E-state index contributed by atoms with van der Waals surface area (Å²) in [7, 11) is 0. The lowest BCUT2D eigenvalue weighted by molar-refractivity contribution is -0.137. The van der Waals surface area contributed by atoms with Gasteiger partial charge in [-0.25, -0.2) is 0 Å². The molecule has 0 aromatic carbocycles. The quantitative estimate of drug-likeness (QED) is 0.666. The smallest absolute Gasteiger partial charge is 0.234 e. The fourth-order valence-electron chi connectivity index (χ4n) is 4.25. The third kappa shape index (κ3) is 5.19. The Balaban J connectivity index is 1.27. The summed E-state index contributed by atoms with van der Waals surface area (Å²) in [4.78, 5) is 42.0. The van der Waals surface area contributed by atoms with Crippen LogP contribution in [0.25, 0.3) is 0 Å². The highest BCUT2D eigenvalue weighted by Gasteiger charge is 2.29. The van der Waals surface area contributed by atoms with Gasteiger partial charge in [-0.3, -0.25) is 19.3 Å². The standard InChI is InChI=1S/C19H32N4O3/c24-17(20-8-4-10-22-9-3-7-18(22)25)15-21-11-13-23(14-12-21)19(26)16-5-1-2-6-16/h16H,1-15H2,(H,20,24). The Bertz CT molecular complexity index is 511. The maximum Gasteiger partial charge on any atom is 0.234 e. The molecule has 26 heavy (non-hydrogen) atoms. The van der Waals surface area contributed by atoms with Crippen molar-refractivity contribution in [3.63, 3.8) is 0 Å². The van der Waals surface area contributed by atoms with Crippen LogP contribution in [0, 0.1) is 5.92 Å². The molecule has 3 fully saturated rings. The molecule has 146 valence electrons. The van der Waals surface area contributed by atoms with Crippen LogP contribution in [0.3, 0.4) is 0 Å². The van der Waals surface area contributed by atoms with Crippen molar-refractivity contribution in [2.24, 2.45) is 5.92 Å². The number of carbonyl (C=O) groups excluding carboxylic acids is 3. The number of carbonyl (C=O) groups is 3. The molecule has 2 aliphatic heterocycles. The van der Waals surface area contributed by atoms with Gasteiger partial charge in [-0.1, -0.05) is 12.8 Å². The van der Waals surface area contributed by atoms with Crippen LogP contribution in [0.1, 0.15) is 44.9 Å². The first-order valence-electron chi connectivity index (χ1n) is 10.2. The molecular weight excluding hydrogens is 332 g/mol. The lowest BCUT2D eigenvalue weighted by Gasteiger charge is -2.35. The van der Waals surface area contributed by atoms with Crippen molar-refractivity contribution in [2.45, 2.75) is 44.9 Å². The van der Waals surface area contributed by atoms with Crippen LogP contribution in [0.5, 0.6) is 0 Å². The van der Waals surface area contributed by atoms with E-state index in [1.165, 1.54) is 12.8 Å². The molecule has 1 saturated carbocycles. The Kier molecular flexibility index (Phi) is 6.88. The Labute approximate surface area is 156 Å². The van der Waals surface area contributed by atoms with Crippen molar-refractivity contribution in [3.8, 4) is 0 Å². The summed E-state index contributed by atoms with van der Waals surface area (Å²) < 4.78 is 0. The molecule has 2 saturated heterocycles. The number of piperazine rings is 1. The van der Waals surface area contributed by atoms with E-state index in [-0.39, 0.29) is 17.7 Å². The molecule has 0 atom stereocenters. The number of nitrogens with zero attached hydrogens (tertiary/aromatic N) is 3. The molecule has 1 aliphatic carbocycles. The summed E-state index contributed by atoms with van der Waals surface area (Å²) in [5.74, 6) is 0.838. The SMILES string of the molecule is O=C(CN1CCN(C(=O)C2CCCC2)CC1)NCCCN1CCCC1=O. The minimum absolute atomic E-state index is 0.0355. The minimum Gasteiger partial charge on any atom is -0.355 e. The van der Waals surface area contributed by atoms with Gasteiger partial charge in [0.1, 0.15) is 0 Å². The number of hydrogen-bond donors (Lipinski definition) is 1. The molecule has 0 unspecified atom stereocenters. The second kappa shape index (κ2) is 9.35. The van der Waals surface area contributed by atoms with Gasteiger partial charge in [0.25, 0.3) is 0 Å². The van der Waals surface area contributed by atoms with Gasteiger partial charge in [-0.2, -0.15) is 0 Å². The molecule has 0 spiro atoms. The molecule has 0 aromatic heterocycles. The van der Waals surface area contributed by atoms with Crippen molar-refractivity contribution in [1.29, 1.82) is 0 Å². The van der Waals surface area contributed by atoms with E-state index >= 15 is 0 Å². The van der Waals surface area contributed by atoms with Crippen molar-refractivity contribution in [3.05, 3.63) is 0 Å². The number of hydrogen-bond acceptors (Lipinski definition) is 4. The average molecular weight is 364 g/mol. The average Bonchev–Trinajstić information content (AvgIpc) is 3.31. The van der Waals surface area contributed by atoms with Crippen molar-refractivity contribution in [1.82, 2.24) is 20.0 Å². The zero-order valence-electron chi connectivity index (χ0n) is 15.8. The molecular formula is C19H32N4O3. The highest BCUT2D eigenvalue weighted by molar-refractivity contribution is 5.80. The largest absolute Gasteiger partial charge is 0.355 e. The number of likely N-dealkylation sites (tertiary alicyclic amines) is 1. The molecule has 0 aromatic rings. The van der Waals surface area contributed by atoms with Crippen molar-refractivity contribution in [2.75, 3.05) is 52.4 Å². The topological polar surface area (TPSA) is 73.0 Å². The third-order valence-corrected chi connectivity index (χ3v) is 5.85. The van der Waals surface area contributed by atoms with Crippen molar-refractivity contribution < 1.29 is 14.4 Å². The van der Waals surface area contributed by atoms with E-state index < -0.39 is 0 Å². The van der Waals surface area contributed by atoms with E-state index in [2.05, 4.69) is 10.2 Å². The van der Waals surface area contributed by atoms with E-state index in [4.69, 9.17) is 0 Å². The van der Waals surface area contributed by atoms with E-state index in [9.17, 15) is 14.4 Å². The third-order valence-electron chi connectivity index (χ3n) is 5.85. The van der Waals surface area contributed by atoms with Gasteiger partial charge >= 0.3 is 0 Å². The van der Waals surface area contributed by atoms with Gasteiger partial charge in [0.15, 0.2) is 0 Å². The monoisotopic (exact) mass is 364 g/mol. The zero-order valence-corrected chi connectivity index (χ0v) is 15.8. The lowest BCUT2D eigenvalue weighted by Crippen LogP contribution is -2.52. The summed E-state index contributed by atoms with van der Waals surface area (Å²) in [6.45, 7) is 5.62. The van der Waals surface area contributed by atoms with Gasteiger partial charge in [0.2, 0.25) is 17.7 Å². The first-order valence-corrected chi connectivity index (χ1v) is 10.2. The molecule has 3 aliphatic rings. The van der Waals surface area contributed by atoms with Gasteiger partial charge in [-0.15, -0.1) is 0 Å². The first-order chi connectivity index (χ1) is 12.6. The summed E-state index contributed by atoms with van der Waals surface area (Å²) in [6, 6.07) is 0. The highest BCUT2D eigenvalue weighted by atomic mass is 16.2. The highest BCUT2D eigenvalue weighted by Crippen LogP contribution is 2.26. The summed E-state index contributed by atoms with van der Waals surface area (Å²) in [6.07, 6.45) is 6.89. The van der Waals surface area contributed by atoms with Gasteiger partial charge in [-0.05, 0) is 25.7 Å². The molecule has 2 heterocycles. The van der Waals surface area contributed by atoms with Gasteiger partial charge in [0, 0.05) is 58.2 Å². The van der Waals surface area contributed by atoms with Crippen LogP contribution in [-0.4, -0.2) is 84.8 Å². The summed E-state index contributed by atoms with van der Waals surface area (Å²) in [5.41, 5.74) is 0. The fraction of sp³-hybridized carbons (Fsp3) is 0.842. The van der Waals surface area contributed by atoms with Crippen LogP contribution >= 0.6 is 0 Å². The van der Waals surface area contributed by atoms with Crippen LogP contribution in [0.15, 0.2) is 0 Å². The molecule has 1 N–H and O–H groups in total. The number of nitrogens with one attached hydrogen (secondary N) is 1. The van der Waals surface area contributed by atoms with E-state index in [0.29, 0.717) is 25.4 Å². The first kappa shape index (κ1) is 19.1. The molecule has 7 nitrogen and oxygen atoms in total. The second-order valence-corrected chi connectivity index (χ2v) is 7.77. The molecule has 3 rings (SSSR count). The second-order valence-electron chi connectivity index (χ2n) is 7.77. The summed E-state index contributed by atoms with van der Waals surface area (Å²) >= 11 is 0. The number of rotatable bonds is 7. The predicted octanol–water partition coefficient (Wildman–Crippen LogP) is 0.450. The Morgan fingerprint density at radius 2 is 1.73 bits per heavy atom. The normalized spacial score (nSPS) is 22.2. The minimum atomic E-state index is 0.0355. The zero-order chi connectivity index (χ0) is 18.4. The predicted molar refractivity (Wildman–Crippen MR) is 98.4 cm³/mol. The van der Waals surface area contributed by atoms with Crippen LogP contribution in [0.4, 0.5) is 0 Å². The fourth-order valence-corrected chi connectivity index (χ4v) is 4.25. The molecule has 0 radical (unpaired) electrons. The summed E-state index contributed by atoms with van der Waals surface area (Å²) in [5, 5.41) is 2.95. The molecule has 3 amide bonds. The van der Waals surface area contributed by atoms with Crippen LogP contribution in [-0.2, 0) is 14.4 Å². The Morgan fingerprint density at radius 1 is 1.00 bits per heavy atom. The van der Waals surface area contributed by atoms with E-state index in [0.717, 1.165) is 65.0 Å². The maximum atomic E-state index is 12.4. The van der Waals surface area contributed by atoms with E-state index in [1.54, 1.807) is 0 Å². The molecule has 7 heteroatoms. The Morgan fingerprint density at radius 3 is 2.38 bits per heavy atom.